The lowest BCUT2D eigenvalue weighted by Crippen LogP contribution is -2.11. The lowest BCUT2D eigenvalue weighted by Gasteiger charge is -2.03. The summed E-state index contributed by atoms with van der Waals surface area (Å²) in [5.74, 6) is -0.144. The molecule has 0 atom stereocenters. The van der Waals surface area contributed by atoms with E-state index in [9.17, 15) is 4.79 Å². The highest BCUT2D eigenvalue weighted by Crippen LogP contribution is 2.28. The summed E-state index contributed by atoms with van der Waals surface area (Å²) >= 11 is 2.84. The van der Waals surface area contributed by atoms with Crippen LogP contribution in [-0.2, 0) is 0 Å². The first-order chi connectivity index (χ1) is 10.9. The Morgan fingerprint density at radius 3 is 2.57 bits per heavy atom. The summed E-state index contributed by atoms with van der Waals surface area (Å²) in [5, 5.41) is 6.34. The summed E-state index contributed by atoms with van der Waals surface area (Å²) in [4.78, 5) is 21.8. The Hall–Kier alpha value is -2.05. The van der Waals surface area contributed by atoms with E-state index < -0.39 is 0 Å². The number of aryl methyl sites for hydroxylation is 4. The topological polar surface area (TPSA) is 54.9 Å². The third kappa shape index (κ3) is 3.33. The molecule has 1 amide bonds. The maximum absolute atomic E-state index is 12.3. The van der Waals surface area contributed by atoms with Crippen LogP contribution in [0.2, 0.25) is 0 Å². The molecule has 118 valence electrons. The molecule has 0 unspecified atom stereocenters. The van der Waals surface area contributed by atoms with Gasteiger partial charge in [0.1, 0.15) is 4.88 Å². The van der Waals surface area contributed by atoms with E-state index in [1.165, 1.54) is 33.8 Å². The van der Waals surface area contributed by atoms with Crippen LogP contribution >= 0.6 is 22.7 Å². The molecule has 3 rings (SSSR count). The first kappa shape index (κ1) is 15.8. The highest BCUT2D eigenvalue weighted by molar-refractivity contribution is 7.15. The third-order valence-electron chi connectivity index (χ3n) is 3.49. The van der Waals surface area contributed by atoms with E-state index >= 15 is 0 Å². The first-order valence-electron chi connectivity index (χ1n) is 7.22. The molecule has 0 fully saturated rings. The van der Waals surface area contributed by atoms with Gasteiger partial charge in [0.05, 0.1) is 16.4 Å². The van der Waals surface area contributed by atoms with Gasteiger partial charge in [-0.25, -0.2) is 9.97 Å². The molecule has 1 aromatic carbocycles. The Bertz CT molecular complexity index is 880. The van der Waals surface area contributed by atoms with E-state index in [0.717, 1.165) is 22.0 Å². The average molecular weight is 343 g/mol. The second-order valence-electron chi connectivity index (χ2n) is 5.46. The zero-order valence-corrected chi connectivity index (χ0v) is 15.1. The van der Waals surface area contributed by atoms with Crippen LogP contribution < -0.4 is 5.32 Å². The molecule has 23 heavy (non-hydrogen) atoms. The zero-order valence-electron chi connectivity index (χ0n) is 13.4. The van der Waals surface area contributed by atoms with Crippen molar-refractivity contribution in [3.05, 3.63) is 50.3 Å². The minimum absolute atomic E-state index is 0.144. The number of amides is 1. The van der Waals surface area contributed by atoms with Gasteiger partial charge in [0, 0.05) is 10.9 Å². The van der Waals surface area contributed by atoms with Crippen LogP contribution in [0.5, 0.6) is 0 Å². The third-order valence-corrected chi connectivity index (χ3v) is 5.32. The van der Waals surface area contributed by atoms with E-state index in [-0.39, 0.29) is 5.91 Å². The molecule has 0 aliphatic heterocycles. The monoisotopic (exact) mass is 343 g/mol. The standard InChI is InChI=1S/C17H17N3OS2/c1-9-5-6-13(10(2)7-9)14-8-22-17(19-14)20-16(21)15-11(3)18-12(4)23-15/h5-8H,1-4H3,(H,19,20,21). The fourth-order valence-corrected chi connectivity index (χ4v) is 3.97. The normalized spacial score (nSPS) is 10.8. The number of aromatic nitrogens is 2. The fourth-order valence-electron chi connectivity index (χ4n) is 2.45. The molecule has 0 saturated carbocycles. The zero-order chi connectivity index (χ0) is 16.6. The maximum atomic E-state index is 12.3. The van der Waals surface area contributed by atoms with Crippen molar-refractivity contribution < 1.29 is 4.79 Å². The number of nitrogens with zero attached hydrogens (tertiary/aromatic N) is 2. The van der Waals surface area contributed by atoms with Crippen LogP contribution in [0.25, 0.3) is 11.3 Å². The Morgan fingerprint density at radius 2 is 1.91 bits per heavy atom. The molecule has 4 nitrogen and oxygen atoms in total. The fraction of sp³-hybridized carbons (Fsp3) is 0.235. The summed E-state index contributed by atoms with van der Waals surface area (Å²) in [6.07, 6.45) is 0. The average Bonchev–Trinajstić information content (AvgIpc) is 3.05. The minimum atomic E-state index is -0.144. The van der Waals surface area contributed by atoms with Crippen LogP contribution in [0.1, 0.15) is 31.5 Å². The smallest absolute Gasteiger partial charge is 0.269 e. The molecule has 2 aromatic heterocycles. The number of anilines is 1. The summed E-state index contributed by atoms with van der Waals surface area (Å²) in [5.41, 5.74) is 5.15. The Kier molecular flexibility index (Phi) is 4.28. The summed E-state index contributed by atoms with van der Waals surface area (Å²) in [6.45, 7) is 7.89. The highest BCUT2D eigenvalue weighted by atomic mass is 32.1. The summed E-state index contributed by atoms with van der Waals surface area (Å²) in [7, 11) is 0. The van der Waals surface area contributed by atoms with Crippen molar-refractivity contribution in [3.63, 3.8) is 0 Å². The number of carbonyl (C=O) groups excluding carboxylic acids is 1. The van der Waals surface area contributed by atoms with Crippen LogP contribution in [0.4, 0.5) is 5.13 Å². The second-order valence-corrected chi connectivity index (χ2v) is 7.52. The number of hydrogen-bond acceptors (Lipinski definition) is 5. The van der Waals surface area contributed by atoms with Gasteiger partial charge in [-0.2, -0.15) is 0 Å². The van der Waals surface area contributed by atoms with E-state index in [1.807, 2.05) is 19.2 Å². The van der Waals surface area contributed by atoms with E-state index in [4.69, 9.17) is 0 Å². The Morgan fingerprint density at radius 1 is 1.13 bits per heavy atom. The first-order valence-corrected chi connectivity index (χ1v) is 8.92. The molecule has 0 bridgehead atoms. The lowest BCUT2D eigenvalue weighted by atomic mass is 10.0. The summed E-state index contributed by atoms with van der Waals surface area (Å²) in [6, 6.07) is 6.28. The van der Waals surface area contributed by atoms with Crippen molar-refractivity contribution in [2.75, 3.05) is 5.32 Å². The number of carbonyl (C=O) groups is 1. The van der Waals surface area contributed by atoms with Gasteiger partial charge >= 0.3 is 0 Å². The van der Waals surface area contributed by atoms with Gasteiger partial charge in [0.25, 0.3) is 5.91 Å². The van der Waals surface area contributed by atoms with Crippen molar-refractivity contribution in [1.29, 1.82) is 0 Å². The highest BCUT2D eigenvalue weighted by Gasteiger charge is 2.16. The molecule has 0 saturated heterocycles. The lowest BCUT2D eigenvalue weighted by molar-refractivity contribution is 0.103. The van der Waals surface area contributed by atoms with Gasteiger partial charge in [-0.05, 0) is 33.3 Å². The van der Waals surface area contributed by atoms with Gasteiger partial charge in [-0.1, -0.05) is 23.8 Å². The molecule has 0 aliphatic carbocycles. The molecule has 3 aromatic rings. The number of thiazole rings is 2. The number of hydrogen-bond donors (Lipinski definition) is 1. The Balaban J connectivity index is 1.82. The van der Waals surface area contributed by atoms with Gasteiger partial charge in [-0.15, -0.1) is 22.7 Å². The van der Waals surface area contributed by atoms with Crippen LogP contribution in [0.15, 0.2) is 23.6 Å². The van der Waals surface area contributed by atoms with Crippen LogP contribution in [-0.4, -0.2) is 15.9 Å². The number of benzene rings is 1. The predicted octanol–water partition coefficient (Wildman–Crippen LogP) is 4.75. The minimum Gasteiger partial charge on any atom is -0.297 e. The van der Waals surface area contributed by atoms with Crippen molar-refractivity contribution >= 4 is 33.7 Å². The SMILES string of the molecule is Cc1ccc(-c2csc(NC(=O)c3sc(C)nc3C)n2)c(C)c1. The number of nitrogens with one attached hydrogen (secondary N) is 1. The van der Waals surface area contributed by atoms with Gasteiger partial charge in [0.15, 0.2) is 5.13 Å². The second kappa shape index (κ2) is 6.22. The van der Waals surface area contributed by atoms with Crippen molar-refractivity contribution in [2.24, 2.45) is 0 Å². The molecule has 0 radical (unpaired) electrons. The molecular weight excluding hydrogens is 326 g/mol. The molecular formula is C17H17N3OS2. The Labute approximate surface area is 143 Å². The maximum Gasteiger partial charge on any atom is 0.269 e. The van der Waals surface area contributed by atoms with Crippen molar-refractivity contribution in [3.8, 4) is 11.3 Å². The molecule has 6 heteroatoms. The molecule has 0 spiro atoms. The van der Waals surface area contributed by atoms with Crippen molar-refractivity contribution in [2.45, 2.75) is 27.7 Å². The molecule has 0 aliphatic rings. The van der Waals surface area contributed by atoms with E-state index in [2.05, 4.69) is 47.3 Å². The van der Waals surface area contributed by atoms with Gasteiger partial charge in [-0.3, -0.25) is 10.1 Å². The number of rotatable bonds is 3. The van der Waals surface area contributed by atoms with Gasteiger partial charge in [0.2, 0.25) is 0 Å². The largest absolute Gasteiger partial charge is 0.297 e. The van der Waals surface area contributed by atoms with E-state index in [1.54, 1.807) is 0 Å². The van der Waals surface area contributed by atoms with Crippen LogP contribution in [0.3, 0.4) is 0 Å². The predicted molar refractivity (Wildman–Crippen MR) is 96.6 cm³/mol. The molecule has 1 N–H and O–H groups in total. The summed E-state index contributed by atoms with van der Waals surface area (Å²) < 4.78 is 0. The van der Waals surface area contributed by atoms with Crippen LogP contribution in [0, 0.1) is 27.7 Å². The van der Waals surface area contributed by atoms with Gasteiger partial charge < -0.3 is 0 Å². The quantitative estimate of drug-likeness (QED) is 0.746. The molecule has 2 heterocycles. The van der Waals surface area contributed by atoms with Crippen molar-refractivity contribution in [1.82, 2.24) is 9.97 Å². The van der Waals surface area contributed by atoms with E-state index in [0.29, 0.717) is 10.0 Å².